The lowest BCUT2D eigenvalue weighted by molar-refractivity contribution is -0.141. The number of nitrogens with zero attached hydrogens (tertiary/aromatic N) is 5. The van der Waals surface area contributed by atoms with Crippen LogP contribution in [0.2, 0.25) is 0 Å². The first-order chi connectivity index (χ1) is 16.2. The average molecular weight is 465 g/mol. The predicted octanol–water partition coefficient (Wildman–Crippen LogP) is 0.575. The van der Waals surface area contributed by atoms with E-state index in [0.717, 1.165) is 24.8 Å². The summed E-state index contributed by atoms with van der Waals surface area (Å²) in [5.41, 5.74) is 7.84. The summed E-state index contributed by atoms with van der Waals surface area (Å²) in [6.45, 7) is 3.00. The molecule has 2 bridgehead atoms. The topological polar surface area (TPSA) is 114 Å². The van der Waals surface area contributed by atoms with Gasteiger partial charge in [0.1, 0.15) is 6.04 Å². The number of rotatable bonds is 6. The predicted molar refractivity (Wildman–Crippen MR) is 124 cm³/mol. The van der Waals surface area contributed by atoms with E-state index in [2.05, 4.69) is 6.07 Å². The van der Waals surface area contributed by atoms with Crippen molar-refractivity contribution >= 4 is 17.7 Å². The molecule has 1 saturated carbocycles. The van der Waals surface area contributed by atoms with Crippen LogP contribution in [0.5, 0.6) is 0 Å². The van der Waals surface area contributed by atoms with Gasteiger partial charge in [0.2, 0.25) is 11.8 Å². The molecular formula is C25H32N6O3. The fourth-order valence-corrected chi connectivity index (χ4v) is 6.16. The number of fused-ring (bicyclic) bond motifs is 3. The molecule has 3 heterocycles. The second-order valence-electron chi connectivity index (χ2n) is 10.4. The monoisotopic (exact) mass is 464 g/mol. The van der Waals surface area contributed by atoms with Gasteiger partial charge in [-0.25, -0.2) is 0 Å². The molecule has 1 aromatic carbocycles. The van der Waals surface area contributed by atoms with Gasteiger partial charge in [-0.2, -0.15) is 5.26 Å². The zero-order valence-electron chi connectivity index (χ0n) is 19.9. The normalized spacial score (nSPS) is 31.3. The molecule has 34 heavy (non-hydrogen) atoms. The second kappa shape index (κ2) is 8.36. The summed E-state index contributed by atoms with van der Waals surface area (Å²) in [6, 6.07) is 8.39. The van der Waals surface area contributed by atoms with Crippen LogP contribution in [0, 0.1) is 17.2 Å². The van der Waals surface area contributed by atoms with Crippen LogP contribution in [0.25, 0.3) is 0 Å². The summed E-state index contributed by atoms with van der Waals surface area (Å²) >= 11 is 0. The number of carbonyl (C=O) groups is 3. The summed E-state index contributed by atoms with van der Waals surface area (Å²) in [4.78, 5) is 45.9. The SMILES string of the molecule is C[C@@H](c1cccc(C(=O)N(C)C)c1)N1C(=O)[C@H]2CC1CN2C[C@H](N)C(=O)N1[C@H](C#N)C[C@@H]2C[C@@H]21. The first-order valence-electron chi connectivity index (χ1n) is 12.1. The molecule has 180 valence electrons. The maximum Gasteiger partial charge on any atom is 0.253 e. The first-order valence-corrected chi connectivity index (χ1v) is 12.1. The number of amides is 3. The fraction of sp³-hybridized carbons (Fsp3) is 0.600. The number of carbonyl (C=O) groups excluding carboxylic acids is 3. The van der Waals surface area contributed by atoms with Gasteiger partial charge < -0.3 is 20.4 Å². The lowest BCUT2D eigenvalue weighted by Gasteiger charge is -2.38. The lowest BCUT2D eigenvalue weighted by Crippen LogP contribution is -2.57. The highest BCUT2D eigenvalue weighted by atomic mass is 16.2. The molecule has 9 heteroatoms. The molecule has 4 fully saturated rings. The summed E-state index contributed by atoms with van der Waals surface area (Å²) in [6.07, 6.45) is 2.44. The molecule has 9 nitrogen and oxygen atoms in total. The number of piperazine rings is 1. The van der Waals surface area contributed by atoms with E-state index in [1.807, 2.05) is 34.9 Å². The Labute approximate surface area is 200 Å². The Hall–Kier alpha value is -2.96. The maximum atomic E-state index is 13.3. The molecule has 2 N–H and O–H groups in total. The van der Waals surface area contributed by atoms with E-state index >= 15 is 0 Å². The van der Waals surface area contributed by atoms with Crippen molar-refractivity contribution in [3.05, 3.63) is 35.4 Å². The van der Waals surface area contributed by atoms with Crippen molar-refractivity contribution in [2.45, 2.75) is 62.4 Å². The number of benzene rings is 1. The molecule has 1 aromatic rings. The minimum Gasteiger partial charge on any atom is -0.345 e. The zero-order chi connectivity index (χ0) is 24.3. The van der Waals surface area contributed by atoms with Crippen LogP contribution in [-0.4, -0.2) is 94.7 Å². The number of likely N-dealkylation sites (tertiary alicyclic amines) is 3. The van der Waals surface area contributed by atoms with Gasteiger partial charge in [-0.1, -0.05) is 12.1 Å². The van der Waals surface area contributed by atoms with Gasteiger partial charge in [-0.05, 0) is 49.8 Å². The van der Waals surface area contributed by atoms with Crippen molar-refractivity contribution < 1.29 is 14.4 Å². The third-order valence-corrected chi connectivity index (χ3v) is 8.01. The van der Waals surface area contributed by atoms with E-state index in [0.29, 0.717) is 24.6 Å². The van der Waals surface area contributed by atoms with Crippen molar-refractivity contribution in [3.63, 3.8) is 0 Å². The fourth-order valence-electron chi connectivity index (χ4n) is 6.16. The van der Waals surface area contributed by atoms with Crippen LogP contribution in [0.3, 0.4) is 0 Å². The van der Waals surface area contributed by atoms with Crippen LogP contribution >= 0.6 is 0 Å². The average Bonchev–Trinajstić information content (AvgIpc) is 3.15. The maximum absolute atomic E-state index is 13.3. The molecule has 0 spiro atoms. The van der Waals surface area contributed by atoms with Gasteiger partial charge in [-0.3, -0.25) is 19.3 Å². The number of hydrogen-bond donors (Lipinski definition) is 1. The van der Waals surface area contributed by atoms with Crippen LogP contribution < -0.4 is 5.73 Å². The highest BCUT2D eigenvalue weighted by molar-refractivity contribution is 5.94. The molecule has 1 aliphatic carbocycles. The summed E-state index contributed by atoms with van der Waals surface area (Å²) in [7, 11) is 3.44. The Bertz CT molecular complexity index is 1070. The van der Waals surface area contributed by atoms with E-state index in [9.17, 15) is 19.6 Å². The Morgan fingerprint density at radius 1 is 1.26 bits per heavy atom. The molecule has 0 radical (unpaired) electrons. The van der Waals surface area contributed by atoms with Crippen LogP contribution in [0.1, 0.15) is 48.1 Å². The molecule has 1 unspecified atom stereocenters. The minimum absolute atomic E-state index is 0.0473. The third kappa shape index (κ3) is 3.65. The molecule has 4 aliphatic rings. The number of piperidine rings is 1. The Balaban J connectivity index is 1.24. The Morgan fingerprint density at radius 2 is 2.03 bits per heavy atom. The summed E-state index contributed by atoms with van der Waals surface area (Å²) < 4.78 is 0. The van der Waals surface area contributed by atoms with Gasteiger partial charge >= 0.3 is 0 Å². The molecular weight excluding hydrogens is 432 g/mol. The van der Waals surface area contributed by atoms with E-state index < -0.39 is 6.04 Å². The van der Waals surface area contributed by atoms with Crippen LogP contribution in [0.15, 0.2) is 24.3 Å². The molecule has 7 atom stereocenters. The van der Waals surface area contributed by atoms with Crippen LogP contribution in [-0.2, 0) is 9.59 Å². The highest BCUT2D eigenvalue weighted by Crippen LogP contribution is 2.48. The third-order valence-electron chi connectivity index (χ3n) is 8.01. The van der Waals surface area contributed by atoms with Gasteiger partial charge in [-0.15, -0.1) is 0 Å². The van der Waals surface area contributed by atoms with E-state index in [1.165, 1.54) is 0 Å². The van der Waals surface area contributed by atoms with Crippen molar-refractivity contribution in [2.24, 2.45) is 11.7 Å². The Kier molecular flexibility index (Phi) is 5.61. The molecule has 0 aromatic heterocycles. The molecule has 5 rings (SSSR count). The van der Waals surface area contributed by atoms with Gasteiger partial charge in [0.05, 0.1) is 24.2 Å². The lowest BCUT2D eigenvalue weighted by atomic mass is 10.0. The number of nitriles is 1. The first kappa shape index (κ1) is 22.8. The molecule has 3 aliphatic heterocycles. The smallest absolute Gasteiger partial charge is 0.253 e. The minimum atomic E-state index is -0.734. The quantitative estimate of drug-likeness (QED) is 0.659. The van der Waals surface area contributed by atoms with E-state index in [4.69, 9.17) is 5.73 Å². The highest BCUT2D eigenvalue weighted by Gasteiger charge is 2.56. The van der Waals surface area contributed by atoms with Gasteiger partial charge in [0.15, 0.2) is 0 Å². The second-order valence-corrected chi connectivity index (χ2v) is 10.4. The van der Waals surface area contributed by atoms with Gasteiger partial charge in [0.25, 0.3) is 5.91 Å². The van der Waals surface area contributed by atoms with Gasteiger partial charge in [0, 0.05) is 44.8 Å². The number of nitrogens with two attached hydrogens (primary N) is 1. The zero-order valence-corrected chi connectivity index (χ0v) is 19.9. The van der Waals surface area contributed by atoms with Crippen molar-refractivity contribution in [1.82, 2.24) is 19.6 Å². The largest absolute Gasteiger partial charge is 0.345 e. The number of hydrogen-bond acceptors (Lipinski definition) is 6. The van der Waals surface area contributed by atoms with E-state index in [-0.39, 0.29) is 47.9 Å². The Morgan fingerprint density at radius 3 is 2.71 bits per heavy atom. The molecule has 3 saturated heterocycles. The summed E-state index contributed by atoms with van der Waals surface area (Å²) in [5.74, 6) is 0.263. The van der Waals surface area contributed by atoms with Crippen molar-refractivity contribution in [1.29, 1.82) is 5.26 Å². The summed E-state index contributed by atoms with van der Waals surface area (Å²) in [5, 5.41) is 9.39. The van der Waals surface area contributed by atoms with Crippen molar-refractivity contribution in [2.75, 3.05) is 27.2 Å². The molecule has 3 amide bonds. The standard InChI is InChI=1S/C25H32N6O3/c1-14(15-5-4-6-16(7-15)23(32)28(2)3)30-19-10-22(25(30)34)29(12-19)13-20(27)24(33)31-18(11-26)8-17-9-21(17)31/h4-7,14,17-22H,8-10,12-13,27H2,1-3H3/t14-,17+,18-,19?,20-,21-,22+/m0/s1. The van der Waals surface area contributed by atoms with E-state index in [1.54, 1.807) is 30.0 Å². The van der Waals surface area contributed by atoms with Crippen molar-refractivity contribution in [3.8, 4) is 6.07 Å². The van der Waals surface area contributed by atoms with Crippen LogP contribution in [0.4, 0.5) is 0 Å².